The lowest BCUT2D eigenvalue weighted by atomic mass is 10.00. The normalized spacial score (nSPS) is 16.7. The van der Waals surface area contributed by atoms with Crippen LogP contribution in [-0.2, 0) is 15.9 Å². The number of rotatable bonds is 11. The van der Waals surface area contributed by atoms with E-state index >= 15 is 0 Å². The van der Waals surface area contributed by atoms with Crippen molar-refractivity contribution >= 4 is 23.0 Å². The first-order valence-corrected chi connectivity index (χ1v) is 14.4. The van der Waals surface area contributed by atoms with Crippen LogP contribution in [-0.4, -0.2) is 59.4 Å². The second-order valence-corrected chi connectivity index (χ2v) is 10.3. The van der Waals surface area contributed by atoms with E-state index in [9.17, 15) is 4.79 Å². The molecule has 0 aliphatic carbocycles. The Morgan fingerprint density at radius 1 is 1.12 bits per heavy atom. The van der Waals surface area contributed by atoms with Crippen LogP contribution < -0.4 is 16.0 Å². The molecule has 9 nitrogen and oxygen atoms in total. The van der Waals surface area contributed by atoms with E-state index in [-0.39, 0.29) is 24.3 Å². The first-order chi connectivity index (χ1) is 20.1. The highest BCUT2D eigenvalue weighted by Crippen LogP contribution is 2.28. The molecule has 3 atom stereocenters. The van der Waals surface area contributed by atoms with Crippen LogP contribution in [0.25, 0.3) is 22.4 Å². The summed E-state index contributed by atoms with van der Waals surface area (Å²) in [6.07, 6.45) is 4.37. The second kappa shape index (κ2) is 14.1. The molecule has 41 heavy (non-hydrogen) atoms. The van der Waals surface area contributed by atoms with Crippen LogP contribution in [0.3, 0.4) is 0 Å². The van der Waals surface area contributed by atoms with Crippen LogP contribution >= 0.6 is 0 Å². The summed E-state index contributed by atoms with van der Waals surface area (Å²) in [7, 11) is 0. The van der Waals surface area contributed by atoms with Crippen molar-refractivity contribution in [3.63, 3.8) is 0 Å². The summed E-state index contributed by atoms with van der Waals surface area (Å²) in [5.41, 5.74) is 5.05. The molecule has 0 bridgehead atoms. The second-order valence-electron chi connectivity index (χ2n) is 10.3. The molecule has 1 aliphatic heterocycles. The Morgan fingerprint density at radius 3 is 2.80 bits per heavy atom. The number of benzene rings is 2. The average Bonchev–Trinajstić information content (AvgIpc) is 3.00. The van der Waals surface area contributed by atoms with Gasteiger partial charge in [-0.2, -0.15) is 0 Å². The molecular weight excluding hydrogens is 516 g/mol. The number of aryl methyl sites for hydroxylation is 1. The van der Waals surface area contributed by atoms with Crippen LogP contribution in [0.2, 0.25) is 0 Å². The van der Waals surface area contributed by atoms with Gasteiger partial charge in [-0.15, -0.1) is 0 Å². The zero-order chi connectivity index (χ0) is 28.4. The molecule has 1 fully saturated rings. The van der Waals surface area contributed by atoms with Crippen LogP contribution in [0, 0.1) is 0 Å². The van der Waals surface area contributed by atoms with Gasteiger partial charge in [0.05, 0.1) is 18.5 Å². The van der Waals surface area contributed by atoms with Crippen LogP contribution in [0.4, 0.5) is 10.6 Å². The molecule has 4 aromatic rings. The van der Waals surface area contributed by atoms with Crippen LogP contribution in [0.15, 0.2) is 72.9 Å². The molecule has 0 spiro atoms. The molecule has 2 aromatic carbocycles. The fourth-order valence-corrected chi connectivity index (χ4v) is 5.06. The van der Waals surface area contributed by atoms with Crippen molar-refractivity contribution in [1.82, 2.24) is 25.6 Å². The maximum absolute atomic E-state index is 12.6. The van der Waals surface area contributed by atoms with Gasteiger partial charge in [0.2, 0.25) is 0 Å². The molecule has 0 radical (unpaired) electrons. The number of nitrogens with one attached hydrogen (secondary N) is 3. The molecule has 3 heterocycles. The molecule has 1 aliphatic rings. The Morgan fingerprint density at radius 2 is 2.00 bits per heavy atom. The number of ether oxygens (including phenoxy) is 2. The van der Waals surface area contributed by atoms with Gasteiger partial charge in [0.15, 0.2) is 5.65 Å². The smallest absolute Gasteiger partial charge is 0.320 e. The Kier molecular flexibility index (Phi) is 9.85. The lowest BCUT2D eigenvalue weighted by molar-refractivity contribution is -0.0834. The molecule has 2 aromatic heterocycles. The maximum atomic E-state index is 12.6. The minimum absolute atomic E-state index is 0.0353. The van der Waals surface area contributed by atoms with Gasteiger partial charge in [0, 0.05) is 31.3 Å². The summed E-state index contributed by atoms with van der Waals surface area (Å²) < 4.78 is 12.1. The molecule has 1 saturated heterocycles. The lowest BCUT2D eigenvalue weighted by Crippen LogP contribution is -2.42. The minimum Gasteiger partial charge on any atom is -0.372 e. The number of carbonyl (C=O) groups excluding carboxylic acids is 1. The number of anilines is 1. The number of fused-ring (bicyclic) bond motifs is 1. The number of aromatic nitrogens is 3. The van der Waals surface area contributed by atoms with E-state index in [0.717, 1.165) is 43.5 Å². The fourth-order valence-electron chi connectivity index (χ4n) is 5.06. The highest BCUT2D eigenvalue weighted by Gasteiger charge is 2.27. The fraction of sp³-hybridized carbons (Fsp3) is 0.375. The number of nitrogens with zero attached hydrogens (tertiary/aromatic N) is 3. The first kappa shape index (κ1) is 28.6. The van der Waals surface area contributed by atoms with Gasteiger partial charge in [-0.25, -0.2) is 14.8 Å². The Balaban J connectivity index is 1.24. The third-order valence-corrected chi connectivity index (χ3v) is 7.12. The van der Waals surface area contributed by atoms with E-state index in [1.807, 2.05) is 38.1 Å². The van der Waals surface area contributed by atoms with Crippen molar-refractivity contribution in [3.8, 4) is 11.3 Å². The minimum atomic E-state index is -0.290. The summed E-state index contributed by atoms with van der Waals surface area (Å²) in [5, 5.41) is 9.23. The SMILES string of the molecule is CCOC(c1cccc(-c2cnc3ccc(NC(=O)NC(C)CCCc4ccccc4)nc3n2)c1)C1CNCCO1. The van der Waals surface area contributed by atoms with Gasteiger partial charge in [0.1, 0.15) is 23.5 Å². The first-order valence-electron chi connectivity index (χ1n) is 14.4. The Bertz CT molecular complexity index is 1430. The van der Waals surface area contributed by atoms with Gasteiger partial charge in [-0.05, 0) is 62.4 Å². The summed E-state index contributed by atoms with van der Waals surface area (Å²) in [4.78, 5) is 26.6. The van der Waals surface area contributed by atoms with E-state index in [1.54, 1.807) is 12.3 Å². The third-order valence-electron chi connectivity index (χ3n) is 7.12. The quantitative estimate of drug-likeness (QED) is 0.231. The summed E-state index contributed by atoms with van der Waals surface area (Å²) in [6, 6.07) is 21.8. The monoisotopic (exact) mass is 554 g/mol. The Hall–Kier alpha value is -3.92. The molecule has 5 rings (SSSR count). The van der Waals surface area contributed by atoms with E-state index in [2.05, 4.69) is 62.3 Å². The maximum Gasteiger partial charge on any atom is 0.320 e. The number of carbonyl (C=O) groups is 1. The largest absolute Gasteiger partial charge is 0.372 e. The third kappa shape index (κ3) is 7.85. The lowest BCUT2D eigenvalue weighted by Gasteiger charge is -2.31. The van der Waals surface area contributed by atoms with Crippen LogP contribution in [0.1, 0.15) is 43.9 Å². The predicted octanol–water partition coefficient (Wildman–Crippen LogP) is 5.29. The highest BCUT2D eigenvalue weighted by atomic mass is 16.5. The van der Waals surface area contributed by atoms with Crippen LogP contribution in [0.5, 0.6) is 0 Å². The van der Waals surface area contributed by atoms with Crippen molar-refractivity contribution in [1.29, 1.82) is 0 Å². The number of hydrogen-bond donors (Lipinski definition) is 3. The molecule has 0 saturated carbocycles. The predicted molar refractivity (Wildman–Crippen MR) is 161 cm³/mol. The molecule has 3 unspecified atom stereocenters. The number of urea groups is 1. The zero-order valence-electron chi connectivity index (χ0n) is 23.7. The average molecular weight is 555 g/mol. The van der Waals surface area contributed by atoms with Gasteiger partial charge < -0.3 is 20.1 Å². The number of amides is 2. The molecular formula is C32H38N6O3. The van der Waals surface area contributed by atoms with E-state index < -0.39 is 0 Å². The van der Waals surface area contributed by atoms with Crippen molar-refractivity contribution in [2.45, 2.75) is 51.4 Å². The summed E-state index contributed by atoms with van der Waals surface area (Å²) in [6.45, 7) is 6.84. The van der Waals surface area contributed by atoms with Crippen molar-refractivity contribution in [2.24, 2.45) is 0 Å². The zero-order valence-corrected chi connectivity index (χ0v) is 23.7. The molecule has 214 valence electrons. The van der Waals surface area contributed by atoms with Gasteiger partial charge >= 0.3 is 6.03 Å². The van der Waals surface area contributed by atoms with E-state index in [0.29, 0.717) is 35.9 Å². The standard InChI is InChI=1S/C32H38N6O3/c1-3-40-30(28-21-33-17-18-41-28)25-14-8-13-24(19-25)27-20-34-26-15-16-29(37-31(26)36-27)38-32(39)35-22(2)9-7-12-23-10-5-4-6-11-23/h4-6,8,10-11,13-16,19-20,22,28,30,33H,3,7,9,12,17-18,21H2,1-2H3,(H2,35,36,37,38,39). The summed E-state index contributed by atoms with van der Waals surface area (Å²) >= 11 is 0. The van der Waals surface area contributed by atoms with Gasteiger partial charge in [-0.1, -0.05) is 48.5 Å². The van der Waals surface area contributed by atoms with E-state index in [4.69, 9.17) is 14.5 Å². The molecule has 9 heteroatoms. The molecule has 2 amide bonds. The number of hydrogen-bond acceptors (Lipinski definition) is 7. The Labute approximate surface area is 241 Å². The highest BCUT2D eigenvalue weighted by molar-refractivity contribution is 5.89. The van der Waals surface area contributed by atoms with E-state index in [1.165, 1.54) is 5.56 Å². The number of morpholine rings is 1. The van der Waals surface area contributed by atoms with Crippen molar-refractivity contribution < 1.29 is 14.3 Å². The van der Waals surface area contributed by atoms with Gasteiger partial charge in [0.25, 0.3) is 0 Å². The van der Waals surface area contributed by atoms with Crippen molar-refractivity contribution in [2.75, 3.05) is 31.6 Å². The number of pyridine rings is 1. The topological polar surface area (TPSA) is 110 Å². The summed E-state index contributed by atoms with van der Waals surface area (Å²) in [5.74, 6) is 0.421. The van der Waals surface area contributed by atoms with Gasteiger partial charge in [-0.3, -0.25) is 10.3 Å². The van der Waals surface area contributed by atoms with Crippen molar-refractivity contribution in [3.05, 3.63) is 84.1 Å². The molecule has 3 N–H and O–H groups in total.